The van der Waals surface area contributed by atoms with Gasteiger partial charge in [0.05, 0.1) is 5.69 Å². The van der Waals surface area contributed by atoms with Crippen LogP contribution in [0, 0.1) is 5.95 Å². The van der Waals surface area contributed by atoms with Gasteiger partial charge in [-0.3, -0.25) is 4.98 Å². The van der Waals surface area contributed by atoms with Crippen LogP contribution in [-0.4, -0.2) is 26.2 Å². The van der Waals surface area contributed by atoms with E-state index in [1.54, 1.807) is 24.5 Å². The number of pyridine rings is 2. The van der Waals surface area contributed by atoms with E-state index in [9.17, 15) is 4.39 Å². The van der Waals surface area contributed by atoms with Crippen molar-refractivity contribution in [3.05, 3.63) is 102 Å². The van der Waals surface area contributed by atoms with Gasteiger partial charge >= 0.3 is 0 Å². The average Bonchev–Trinajstić information content (AvgIpc) is 2.79. The highest BCUT2D eigenvalue weighted by atomic mass is 32.2. The summed E-state index contributed by atoms with van der Waals surface area (Å²) in [5, 5.41) is 0.664. The van der Waals surface area contributed by atoms with Crippen LogP contribution < -0.4 is 0 Å². The van der Waals surface area contributed by atoms with Crippen LogP contribution in [0.4, 0.5) is 4.39 Å². The molecule has 1 atom stereocenters. The van der Waals surface area contributed by atoms with Crippen molar-refractivity contribution in [2.24, 2.45) is 0 Å². The summed E-state index contributed by atoms with van der Waals surface area (Å²) < 4.78 is 14.7. The highest BCUT2D eigenvalue weighted by Crippen LogP contribution is 2.33. The summed E-state index contributed by atoms with van der Waals surface area (Å²) in [4.78, 5) is 17.0. The van der Waals surface area contributed by atoms with Crippen molar-refractivity contribution in [3.8, 4) is 11.1 Å². The topological polar surface area (TPSA) is 51.6 Å². The molecule has 4 nitrogen and oxygen atoms in total. The molecule has 0 aliphatic carbocycles. The van der Waals surface area contributed by atoms with E-state index in [1.165, 1.54) is 18.0 Å². The Kier molecular flexibility index (Phi) is 5.91. The summed E-state index contributed by atoms with van der Waals surface area (Å²) in [7, 11) is 0. The molecule has 0 fully saturated rings. The molecule has 0 radical (unpaired) electrons. The maximum absolute atomic E-state index is 14.7. The molecular formula is C23H19FN4S. The van der Waals surface area contributed by atoms with Crippen LogP contribution in [-0.2, 0) is 6.42 Å². The van der Waals surface area contributed by atoms with Gasteiger partial charge in [-0.2, -0.15) is 4.39 Å². The van der Waals surface area contributed by atoms with Gasteiger partial charge in [0.15, 0.2) is 5.16 Å². The fourth-order valence-corrected chi connectivity index (χ4v) is 3.76. The lowest BCUT2D eigenvalue weighted by Gasteiger charge is -2.19. The minimum Gasteiger partial charge on any atom is -0.264 e. The molecule has 29 heavy (non-hydrogen) atoms. The zero-order valence-corrected chi connectivity index (χ0v) is 16.7. The van der Waals surface area contributed by atoms with Crippen molar-refractivity contribution in [3.63, 3.8) is 0 Å². The maximum Gasteiger partial charge on any atom is 0.216 e. The number of thioether (sulfide) groups is 1. The number of rotatable bonds is 6. The van der Waals surface area contributed by atoms with Crippen molar-refractivity contribution in [2.45, 2.75) is 17.5 Å². The Morgan fingerprint density at radius 1 is 0.931 bits per heavy atom. The predicted octanol–water partition coefficient (Wildman–Crippen LogP) is 5.17. The van der Waals surface area contributed by atoms with E-state index in [-0.39, 0.29) is 5.92 Å². The number of aromatic nitrogens is 4. The van der Waals surface area contributed by atoms with E-state index in [0.717, 1.165) is 22.4 Å². The lowest BCUT2D eigenvalue weighted by Crippen LogP contribution is -2.11. The van der Waals surface area contributed by atoms with E-state index < -0.39 is 5.95 Å². The lowest BCUT2D eigenvalue weighted by atomic mass is 9.87. The van der Waals surface area contributed by atoms with E-state index in [1.807, 2.05) is 42.8 Å². The summed E-state index contributed by atoms with van der Waals surface area (Å²) in [6.45, 7) is 0. The molecule has 0 saturated heterocycles. The summed E-state index contributed by atoms with van der Waals surface area (Å²) in [5.41, 5.74) is 4.50. The molecule has 4 aromatic rings. The van der Waals surface area contributed by atoms with Gasteiger partial charge in [-0.05, 0) is 42.0 Å². The monoisotopic (exact) mass is 402 g/mol. The Bertz CT molecular complexity index is 1100. The third-order valence-corrected chi connectivity index (χ3v) is 5.33. The molecule has 0 saturated carbocycles. The SMILES string of the molecule is CSc1nccc(C(Cc2ccccc2-c2cccnc2)c2cccnc2F)n1. The molecular weight excluding hydrogens is 383 g/mol. The van der Waals surface area contributed by atoms with Gasteiger partial charge in [0.25, 0.3) is 0 Å². The van der Waals surface area contributed by atoms with Crippen LogP contribution in [0.3, 0.4) is 0 Å². The molecule has 3 heterocycles. The molecule has 0 aliphatic rings. The second kappa shape index (κ2) is 8.92. The normalized spacial score (nSPS) is 11.9. The second-order valence-electron chi connectivity index (χ2n) is 6.51. The summed E-state index contributed by atoms with van der Waals surface area (Å²) in [6.07, 6.45) is 9.30. The maximum atomic E-state index is 14.7. The molecule has 1 aromatic carbocycles. The highest BCUT2D eigenvalue weighted by Gasteiger charge is 2.22. The Morgan fingerprint density at radius 2 is 1.79 bits per heavy atom. The van der Waals surface area contributed by atoms with Crippen LogP contribution in [0.25, 0.3) is 11.1 Å². The van der Waals surface area contributed by atoms with Crippen LogP contribution in [0.2, 0.25) is 0 Å². The number of hydrogen-bond donors (Lipinski definition) is 0. The molecule has 0 bridgehead atoms. The number of nitrogens with zero attached hydrogens (tertiary/aromatic N) is 4. The Labute approximate surface area is 173 Å². The van der Waals surface area contributed by atoms with Crippen LogP contribution in [0.15, 0.2) is 84.5 Å². The van der Waals surface area contributed by atoms with Gasteiger partial charge in [-0.1, -0.05) is 48.2 Å². The highest BCUT2D eigenvalue weighted by molar-refractivity contribution is 7.98. The van der Waals surface area contributed by atoms with E-state index in [4.69, 9.17) is 0 Å². The van der Waals surface area contributed by atoms with Crippen LogP contribution in [0.5, 0.6) is 0 Å². The first kappa shape index (κ1) is 19.2. The quantitative estimate of drug-likeness (QED) is 0.253. The standard InChI is InChI=1S/C23H19FN4S/c1-29-23-27-13-10-21(28-23)20(19-9-5-12-26-22(19)24)14-16-6-2-3-8-18(16)17-7-4-11-25-15-17/h2-13,15,20H,14H2,1H3. The minimum atomic E-state index is -0.472. The van der Waals surface area contributed by atoms with Crippen molar-refractivity contribution in [1.82, 2.24) is 19.9 Å². The zero-order valence-electron chi connectivity index (χ0n) is 15.9. The average molecular weight is 402 g/mol. The van der Waals surface area contributed by atoms with Gasteiger partial charge in [0.2, 0.25) is 5.95 Å². The van der Waals surface area contributed by atoms with Gasteiger partial charge < -0.3 is 0 Å². The number of halogens is 1. The van der Waals surface area contributed by atoms with Gasteiger partial charge in [-0.25, -0.2) is 15.0 Å². The van der Waals surface area contributed by atoms with E-state index in [0.29, 0.717) is 17.1 Å². The van der Waals surface area contributed by atoms with Crippen molar-refractivity contribution < 1.29 is 4.39 Å². The molecule has 144 valence electrons. The first-order chi connectivity index (χ1) is 14.3. The molecule has 1 unspecified atom stereocenters. The van der Waals surface area contributed by atoms with E-state index >= 15 is 0 Å². The summed E-state index contributed by atoms with van der Waals surface area (Å²) >= 11 is 1.47. The number of benzene rings is 1. The predicted molar refractivity (Wildman–Crippen MR) is 113 cm³/mol. The van der Waals surface area contributed by atoms with E-state index in [2.05, 4.69) is 32.1 Å². The van der Waals surface area contributed by atoms with Gasteiger partial charge in [-0.15, -0.1) is 0 Å². The van der Waals surface area contributed by atoms with Crippen LogP contribution in [0.1, 0.15) is 22.7 Å². The molecule has 6 heteroatoms. The largest absolute Gasteiger partial charge is 0.264 e. The lowest BCUT2D eigenvalue weighted by molar-refractivity contribution is 0.551. The zero-order chi connectivity index (χ0) is 20.1. The molecule has 4 rings (SSSR count). The number of hydrogen-bond acceptors (Lipinski definition) is 5. The molecule has 0 N–H and O–H groups in total. The van der Waals surface area contributed by atoms with Gasteiger partial charge in [0, 0.05) is 41.8 Å². The molecule has 3 aromatic heterocycles. The first-order valence-corrected chi connectivity index (χ1v) is 10.4. The fraction of sp³-hybridized carbons (Fsp3) is 0.130. The first-order valence-electron chi connectivity index (χ1n) is 9.22. The Hall–Kier alpha value is -3.12. The third-order valence-electron chi connectivity index (χ3n) is 4.77. The van der Waals surface area contributed by atoms with Crippen molar-refractivity contribution in [1.29, 1.82) is 0 Å². The summed E-state index contributed by atoms with van der Waals surface area (Å²) in [6, 6.07) is 17.5. The smallest absolute Gasteiger partial charge is 0.216 e. The molecule has 0 aliphatic heterocycles. The van der Waals surface area contributed by atoms with Crippen LogP contribution >= 0.6 is 11.8 Å². The fourth-order valence-electron chi connectivity index (χ4n) is 3.40. The molecule has 0 spiro atoms. The van der Waals surface area contributed by atoms with Crippen molar-refractivity contribution >= 4 is 11.8 Å². The summed E-state index contributed by atoms with van der Waals surface area (Å²) in [5.74, 6) is -0.754. The third kappa shape index (κ3) is 4.32. The van der Waals surface area contributed by atoms with Gasteiger partial charge in [0.1, 0.15) is 0 Å². The second-order valence-corrected chi connectivity index (χ2v) is 7.28. The Morgan fingerprint density at radius 3 is 2.59 bits per heavy atom. The van der Waals surface area contributed by atoms with Crippen molar-refractivity contribution in [2.75, 3.05) is 6.26 Å². The molecule has 0 amide bonds. The minimum absolute atomic E-state index is 0.282. The Balaban J connectivity index is 1.81.